The Labute approximate surface area is 170 Å². The van der Waals surface area contributed by atoms with E-state index in [1.54, 1.807) is 29.2 Å². The molecule has 0 spiro atoms. The van der Waals surface area contributed by atoms with Crippen molar-refractivity contribution < 1.29 is 19.1 Å². The van der Waals surface area contributed by atoms with Crippen LogP contribution in [0.1, 0.15) is 51.3 Å². The van der Waals surface area contributed by atoms with Crippen LogP contribution in [0, 0.1) is 0 Å². The van der Waals surface area contributed by atoms with E-state index in [0.29, 0.717) is 30.8 Å². The molecule has 0 N–H and O–H groups in total. The molecule has 6 heteroatoms. The van der Waals surface area contributed by atoms with Crippen LogP contribution in [0.15, 0.2) is 48.5 Å². The third kappa shape index (κ3) is 3.80. The quantitative estimate of drug-likeness (QED) is 0.734. The molecule has 0 bridgehead atoms. The standard InChI is InChI=1S/C23H24N2O4/c1-2-16-7-9-17(10-8-16)20-15-24(13-14-29-20)21(26)11-12-25-22(27)18-5-3-4-6-19(18)23(25)28/h3-10,20H,2,11-15H2,1H3. The monoisotopic (exact) mass is 392 g/mol. The van der Waals surface area contributed by atoms with E-state index < -0.39 is 0 Å². The lowest BCUT2D eigenvalue weighted by atomic mass is 10.0. The molecule has 1 fully saturated rings. The van der Waals surface area contributed by atoms with Crippen LogP contribution in [0.3, 0.4) is 0 Å². The predicted octanol–water partition coefficient (Wildman–Crippen LogP) is 2.84. The number of fused-ring (bicyclic) bond motifs is 1. The van der Waals surface area contributed by atoms with Crippen molar-refractivity contribution in [1.82, 2.24) is 9.80 Å². The molecule has 1 atom stereocenters. The molecule has 0 saturated carbocycles. The van der Waals surface area contributed by atoms with Crippen LogP contribution in [0.2, 0.25) is 0 Å². The molecule has 6 nitrogen and oxygen atoms in total. The fraction of sp³-hybridized carbons (Fsp3) is 0.348. The van der Waals surface area contributed by atoms with Gasteiger partial charge in [-0.25, -0.2) is 0 Å². The fourth-order valence-electron chi connectivity index (χ4n) is 3.85. The minimum atomic E-state index is -0.325. The summed E-state index contributed by atoms with van der Waals surface area (Å²) in [7, 11) is 0. The average Bonchev–Trinajstić information content (AvgIpc) is 3.02. The Morgan fingerprint density at radius 3 is 2.31 bits per heavy atom. The average molecular weight is 392 g/mol. The molecule has 4 rings (SSSR count). The second-order valence-electron chi connectivity index (χ2n) is 7.35. The van der Waals surface area contributed by atoms with Gasteiger partial charge in [0.25, 0.3) is 11.8 Å². The number of morpholine rings is 1. The van der Waals surface area contributed by atoms with E-state index in [4.69, 9.17) is 4.74 Å². The molecule has 2 aromatic carbocycles. The Kier molecular flexibility index (Phi) is 5.45. The topological polar surface area (TPSA) is 66.9 Å². The molecule has 2 aromatic rings. The number of nitrogens with zero attached hydrogens (tertiary/aromatic N) is 2. The van der Waals surface area contributed by atoms with Crippen LogP contribution in [0.25, 0.3) is 0 Å². The fourth-order valence-corrected chi connectivity index (χ4v) is 3.85. The maximum atomic E-state index is 12.7. The van der Waals surface area contributed by atoms with Gasteiger partial charge in [-0.1, -0.05) is 43.3 Å². The smallest absolute Gasteiger partial charge is 0.261 e. The first-order chi connectivity index (χ1) is 14.1. The highest BCUT2D eigenvalue weighted by molar-refractivity contribution is 6.21. The van der Waals surface area contributed by atoms with Gasteiger partial charge < -0.3 is 9.64 Å². The highest BCUT2D eigenvalue weighted by atomic mass is 16.5. The molecule has 0 aliphatic carbocycles. The van der Waals surface area contributed by atoms with Gasteiger partial charge in [-0.15, -0.1) is 0 Å². The maximum absolute atomic E-state index is 12.7. The molecule has 3 amide bonds. The van der Waals surface area contributed by atoms with E-state index in [1.807, 2.05) is 0 Å². The van der Waals surface area contributed by atoms with E-state index >= 15 is 0 Å². The summed E-state index contributed by atoms with van der Waals surface area (Å²) in [6, 6.07) is 15.0. The lowest BCUT2D eigenvalue weighted by Gasteiger charge is -2.33. The van der Waals surface area contributed by atoms with Crippen molar-refractivity contribution in [3.63, 3.8) is 0 Å². The number of hydrogen-bond donors (Lipinski definition) is 0. The zero-order valence-corrected chi connectivity index (χ0v) is 16.5. The summed E-state index contributed by atoms with van der Waals surface area (Å²) in [6.07, 6.45) is 0.944. The van der Waals surface area contributed by atoms with E-state index in [0.717, 1.165) is 12.0 Å². The summed E-state index contributed by atoms with van der Waals surface area (Å²) in [5.74, 6) is -0.719. The van der Waals surface area contributed by atoms with Crippen molar-refractivity contribution in [1.29, 1.82) is 0 Å². The zero-order chi connectivity index (χ0) is 20.4. The van der Waals surface area contributed by atoms with Crippen LogP contribution in [-0.2, 0) is 16.0 Å². The molecular weight excluding hydrogens is 368 g/mol. The zero-order valence-electron chi connectivity index (χ0n) is 16.5. The van der Waals surface area contributed by atoms with Gasteiger partial charge in [0, 0.05) is 19.5 Å². The Balaban J connectivity index is 1.36. The van der Waals surface area contributed by atoms with Crippen molar-refractivity contribution >= 4 is 17.7 Å². The molecule has 2 aliphatic rings. The molecule has 150 valence electrons. The second kappa shape index (κ2) is 8.17. The van der Waals surface area contributed by atoms with E-state index in [9.17, 15) is 14.4 Å². The number of rotatable bonds is 5. The number of carbonyl (C=O) groups is 3. The first-order valence-electron chi connectivity index (χ1n) is 10.0. The largest absolute Gasteiger partial charge is 0.370 e. The van der Waals surface area contributed by atoms with Crippen molar-refractivity contribution in [2.75, 3.05) is 26.2 Å². The Bertz CT molecular complexity index is 903. The van der Waals surface area contributed by atoms with E-state index in [-0.39, 0.29) is 36.8 Å². The molecule has 1 unspecified atom stereocenters. The van der Waals surface area contributed by atoms with Crippen molar-refractivity contribution in [3.05, 3.63) is 70.8 Å². The summed E-state index contributed by atoms with van der Waals surface area (Å²) >= 11 is 0. The van der Waals surface area contributed by atoms with Crippen LogP contribution >= 0.6 is 0 Å². The first-order valence-corrected chi connectivity index (χ1v) is 10.0. The molecule has 2 heterocycles. The van der Waals surface area contributed by atoms with Crippen LogP contribution < -0.4 is 0 Å². The highest BCUT2D eigenvalue weighted by Gasteiger charge is 2.35. The summed E-state index contributed by atoms with van der Waals surface area (Å²) in [4.78, 5) is 40.6. The van der Waals surface area contributed by atoms with Crippen LogP contribution in [0.5, 0.6) is 0 Å². The van der Waals surface area contributed by atoms with Crippen molar-refractivity contribution in [3.8, 4) is 0 Å². The lowest BCUT2D eigenvalue weighted by molar-refractivity contribution is -0.139. The Hall–Kier alpha value is -2.99. The predicted molar refractivity (Wildman–Crippen MR) is 108 cm³/mol. The van der Waals surface area contributed by atoms with Crippen LogP contribution in [-0.4, -0.2) is 53.8 Å². The third-order valence-corrected chi connectivity index (χ3v) is 5.61. The van der Waals surface area contributed by atoms with Crippen molar-refractivity contribution in [2.45, 2.75) is 25.9 Å². The summed E-state index contributed by atoms with van der Waals surface area (Å²) < 4.78 is 5.86. The van der Waals surface area contributed by atoms with Crippen molar-refractivity contribution in [2.24, 2.45) is 0 Å². The van der Waals surface area contributed by atoms with E-state index in [1.165, 1.54) is 10.5 Å². The molecule has 0 radical (unpaired) electrons. The second-order valence-corrected chi connectivity index (χ2v) is 7.35. The number of benzene rings is 2. The number of carbonyl (C=O) groups excluding carboxylic acids is 3. The SMILES string of the molecule is CCc1ccc(C2CN(C(=O)CCN3C(=O)c4ccccc4C3=O)CCO2)cc1. The van der Waals surface area contributed by atoms with Gasteiger partial charge in [0.15, 0.2) is 0 Å². The van der Waals surface area contributed by atoms with Crippen LogP contribution in [0.4, 0.5) is 0 Å². The molecule has 1 saturated heterocycles. The first kappa shape index (κ1) is 19.3. The number of imide groups is 1. The normalized spacial score (nSPS) is 18.9. The summed E-state index contributed by atoms with van der Waals surface area (Å²) in [6.45, 7) is 3.68. The van der Waals surface area contributed by atoms with Gasteiger partial charge in [-0.2, -0.15) is 0 Å². The number of aryl methyl sites for hydroxylation is 1. The molecule has 29 heavy (non-hydrogen) atoms. The Morgan fingerprint density at radius 2 is 1.69 bits per heavy atom. The molecule has 2 aliphatic heterocycles. The minimum absolute atomic E-state index is 0.0694. The molecular formula is C23H24N2O4. The molecule has 0 aromatic heterocycles. The number of hydrogen-bond acceptors (Lipinski definition) is 4. The van der Waals surface area contributed by atoms with Gasteiger partial charge >= 0.3 is 0 Å². The minimum Gasteiger partial charge on any atom is -0.370 e. The van der Waals surface area contributed by atoms with Gasteiger partial charge in [-0.05, 0) is 29.7 Å². The number of amides is 3. The third-order valence-electron chi connectivity index (χ3n) is 5.61. The summed E-state index contributed by atoms with van der Waals surface area (Å²) in [5.41, 5.74) is 3.14. The summed E-state index contributed by atoms with van der Waals surface area (Å²) in [5, 5.41) is 0. The maximum Gasteiger partial charge on any atom is 0.261 e. The lowest BCUT2D eigenvalue weighted by Crippen LogP contribution is -2.43. The van der Waals surface area contributed by atoms with Gasteiger partial charge in [0.2, 0.25) is 5.91 Å². The number of ether oxygens (including phenoxy) is 1. The Morgan fingerprint density at radius 1 is 1.03 bits per heavy atom. The van der Waals surface area contributed by atoms with Gasteiger partial charge in [0.05, 0.1) is 24.3 Å². The van der Waals surface area contributed by atoms with Gasteiger partial charge in [-0.3, -0.25) is 19.3 Å². The highest BCUT2D eigenvalue weighted by Crippen LogP contribution is 2.25. The van der Waals surface area contributed by atoms with Gasteiger partial charge in [0.1, 0.15) is 6.10 Å². The van der Waals surface area contributed by atoms with E-state index in [2.05, 4.69) is 31.2 Å².